The second-order valence-electron chi connectivity index (χ2n) is 5.22. The molecular weight excluding hydrogens is 282 g/mol. The molecule has 2 rings (SSSR count). The zero-order valence-corrected chi connectivity index (χ0v) is 13.2. The number of nitrogens with one attached hydrogen (secondary N) is 1. The van der Waals surface area contributed by atoms with E-state index >= 15 is 0 Å². The minimum atomic E-state index is 0. The van der Waals surface area contributed by atoms with Gasteiger partial charge in [-0.3, -0.25) is 4.98 Å². The van der Waals surface area contributed by atoms with Gasteiger partial charge in [0.2, 0.25) is 6.54 Å². The van der Waals surface area contributed by atoms with Gasteiger partial charge in [-0.15, -0.1) is 12.4 Å². The third-order valence-electron chi connectivity index (χ3n) is 3.52. The summed E-state index contributed by atoms with van der Waals surface area (Å²) in [5.41, 5.74) is 1.30. The first-order chi connectivity index (χ1) is 9.79. The van der Waals surface area contributed by atoms with Crippen LogP contribution in [-0.2, 0) is 6.54 Å². The van der Waals surface area contributed by atoms with Crippen molar-refractivity contribution in [2.45, 2.75) is 38.8 Å². The molecule has 0 spiro atoms. The summed E-state index contributed by atoms with van der Waals surface area (Å²) in [5.74, 6) is 0. The highest BCUT2D eigenvalue weighted by Crippen LogP contribution is 2.14. The molecule has 0 aliphatic heterocycles. The molecule has 1 heterocycles. The van der Waals surface area contributed by atoms with Crippen LogP contribution in [0.3, 0.4) is 0 Å². The third kappa shape index (κ3) is 5.71. The van der Waals surface area contributed by atoms with Gasteiger partial charge in [-0.2, -0.15) is 0 Å². The molecule has 21 heavy (non-hydrogen) atoms. The van der Waals surface area contributed by atoms with Crippen molar-refractivity contribution in [3.05, 3.63) is 53.6 Å². The van der Waals surface area contributed by atoms with Gasteiger partial charge in [-0.1, -0.05) is 12.1 Å². The van der Waals surface area contributed by atoms with E-state index in [4.69, 9.17) is 6.57 Å². The van der Waals surface area contributed by atoms with Gasteiger partial charge in [0.15, 0.2) is 0 Å². The lowest BCUT2D eigenvalue weighted by Crippen LogP contribution is -2.25. The van der Waals surface area contributed by atoms with Crippen molar-refractivity contribution in [3.63, 3.8) is 0 Å². The summed E-state index contributed by atoms with van der Waals surface area (Å²) in [7, 11) is 0. The van der Waals surface area contributed by atoms with Crippen molar-refractivity contribution in [3.8, 4) is 0 Å². The summed E-state index contributed by atoms with van der Waals surface area (Å²) in [5, 5.41) is 5.97. The maximum absolute atomic E-state index is 6.75. The molecule has 0 aliphatic rings. The van der Waals surface area contributed by atoms with Crippen molar-refractivity contribution in [2.75, 3.05) is 6.54 Å². The van der Waals surface area contributed by atoms with Crippen LogP contribution in [0.2, 0.25) is 0 Å². The van der Waals surface area contributed by atoms with Gasteiger partial charge in [-0.05, 0) is 42.8 Å². The van der Waals surface area contributed by atoms with Crippen molar-refractivity contribution in [1.82, 2.24) is 10.3 Å². The molecule has 0 bridgehead atoms. The van der Waals surface area contributed by atoms with Gasteiger partial charge in [0, 0.05) is 36.8 Å². The summed E-state index contributed by atoms with van der Waals surface area (Å²) in [4.78, 5) is 7.51. The highest BCUT2D eigenvalue weighted by atomic mass is 35.5. The monoisotopic (exact) mass is 303 g/mol. The van der Waals surface area contributed by atoms with E-state index in [0.717, 1.165) is 25.8 Å². The van der Waals surface area contributed by atoms with Crippen LogP contribution in [0.15, 0.2) is 36.7 Å². The van der Waals surface area contributed by atoms with Crippen molar-refractivity contribution in [1.29, 1.82) is 0 Å². The van der Waals surface area contributed by atoms with E-state index in [-0.39, 0.29) is 12.4 Å². The second-order valence-corrected chi connectivity index (χ2v) is 5.22. The van der Waals surface area contributed by atoms with Crippen LogP contribution in [0.25, 0.3) is 15.6 Å². The molecule has 0 radical (unpaired) electrons. The molecule has 2 aromatic rings. The molecule has 0 amide bonds. The highest BCUT2D eigenvalue weighted by molar-refractivity contribution is 5.85. The molecule has 0 aliphatic carbocycles. The van der Waals surface area contributed by atoms with Gasteiger partial charge >= 0.3 is 0 Å². The first-order valence-electron chi connectivity index (χ1n) is 7.19. The topological polar surface area (TPSA) is 29.3 Å². The van der Waals surface area contributed by atoms with E-state index in [1.807, 2.05) is 18.5 Å². The van der Waals surface area contributed by atoms with E-state index in [0.29, 0.717) is 12.6 Å². The SMILES string of the molecule is Cl.[C-]#[N+]CCCC[C@@H](C)NCc1ccc2cnccc2c1. The number of halogens is 1. The number of benzene rings is 1. The lowest BCUT2D eigenvalue weighted by molar-refractivity contribution is 0.494. The molecule has 0 saturated heterocycles. The predicted molar refractivity (Wildman–Crippen MR) is 90.6 cm³/mol. The Balaban J connectivity index is 0.00000220. The lowest BCUT2D eigenvalue weighted by atomic mass is 10.1. The molecule has 0 unspecified atom stereocenters. The Morgan fingerprint density at radius 3 is 2.90 bits per heavy atom. The number of hydrogen-bond acceptors (Lipinski definition) is 2. The first kappa shape index (κ1) is 17.4. The normalized spacial score (nSPS) is 11.6. The van der Waals surface area contributed by atoms with Crippen LogP contribution in [0.1, 0.15) is 31.7 Å². The summed E-state index contributed by atoms with van der Waals surface area (Å²) < 4.78 is 0. The van der Waals surface area contributed by atoms with Crippen LogP contribution < -0.4 is 5.32 Å². The Kier molecular flexibility index (Phi) is 7.74. The second kappa shape index (κ2) is 9.33. The molecule has 0 fully saturated rings. The van der Waals surface area contributed by atoms with Gasteiger partial charge < -0.3 is 10.2 Å². The fraction of sp³-hybridized carbons (Fsp3) is 0.412. The van der Waals surface area contributed by atoms with Crippen LogP contribution >= 0.6 is 12.4 Å². The largest absolute Gasteiger partial charge is 0.317 e. The summed E-state index contributed by atoms with van der Waals surface area (Å²) in [6.07, 6.45) is 7.00. The zero-order chi connectivity index (χ0) is 14.2. The standard InChI is InChI=1S/C17H21N3.ClH/c1-14(5-3-4-9-18-2)20-12-15-6-7-17-13-19-10-8-16(17)11-15;/h6-8,10-11,13-14,20H,3-5,9,12H2,1H3;1H/t14-;/m1./s1. The molecule has 1 aromatic carbocycles. The van der Waals surface area contributed by atoms with E-state index in [9.17, 15) is 0 Å². The summed E-state index contributed by atoms with van der Waals surface area (Å²) >= 11 is 0. The van der Waals surface area contributed by atoms with E-state index in [2.05, 4.69) is 40.3 Å². The van der Waals surface area contributed by atoms with Gasteiger partial charge in [-0.25, -0.2) is 6.57 Å². The summed E-state index contributed by atoms with van der Waals surface area (Å²) in [6, 6.07) is 9.04. The predicted octanol–water partition coefficient (Wildman–Crippen LogP) is 4.22. The fourth-order valence-electron chi connectivity index (χ4n) is 2.28. The number of rotatable bonds is 7. The lowest BCUT2D eigenvalue weighted by Gasteiger charge is -2.13. The average Bonchev–Trinajstić information content (AvgIpc) is 2.49. The van der Waals surface area contributed by atoms with Crippen LogP contribution in [0.5, 0.6) is 0 Å². The Morgan fingerprint density at radius 1 is 1.24 bits per heavy atom. The van der Waals surface area contributed by atoms with Crippen LogP contribution in [0, 0.1) is 6.57 Å². The maximum atomic E-state index is 6.75. The molecule has 1 atom stereocenters. The van der Waals surface area contributed by atoms with Gasteiger partial charge in [0.05, 0.1) is 0 Å². The van der Waals surface area contributed by atoms with Crippen LogP contribution in [-0.4, -0.2) is 17.6 Å². The molecule has 0 saturated carbocycles. The third-order valence-corrected chi connectivity index (χ3v) is 3.52. The summed E-state index contributed by atoms with van der Waals surface area (Å²) in [6.45, 7) is 10.5. The Morgan fingerprint density at radius 2 is 2.10 bits per heavy atom. The average molecular weight is 304 g/mol. The fourth-order valence-corrected chi connectivity index (χ4v) is 2.28. The minimum absolute atomic E-state index is 0. The molecule has 112 valence electrons. The Hall–Kier alpha value is -1.63. The van der Waals surface area contributed by atoms with E-state index in [1.54, 1.807) is 0 Å². The van der Waals surface area contributed by atoms with Crippen molar-refractivity contribution < 1.29 is 0 Å². The molecule has 3 nitrogen and oxygen atoms in total. The quantitative estimate of drug-likeness (QED) is 0.613. The van der Waals surface area contributed by atoms with Gasteiger partial charge in [0.1, 0.15) is 0 Å². The number of pyridine rings is 1. The highest BCUT2D eigenvalue weighted by Gasteiger charge is 2.03. The van der Waals surface area contributed by atoms with Gasteiger partial charge in [0.25, 0.3) is 0 Å². The first-order valence-corrected chi connectivity index (χ1v) is 7.19. The Bertz CT molecular complexity index is 592. The van der Waals surface area contributed by atoms with Crippen molar-refractivity contribution >= 4 is 23.2 Å². The number of fused-ring (bicyclic) bond motifs is 1. The number of aromatic nitrogens is 1. The molecule has 1 aromatic heterocycles. The van der Waals surface area contributed by atoms with Crippen molar-refractivity contribution in [2.24, 2.45) is 0 Å². The molecule has 1 N–H and O–H groups in total. The number of hydrogen-bond donors (Lipinski definition) is 1. The van der Waals surface area contributed by atoms with E-state index < -0.39 is 0 Å². The smallest absolute Gasteiger partial charge is 0.214 e. The van der Waals surface area contributed by atoms with Crippen LogP contribution in [0.4, 0.5) is 0 Å². The van der Waals surface area contributed by atoms with E-state index in [1.165, 1.54) is 16.3 Å². The molecular formula is C17H22ClN3. The minimum Gasteiger partial charge on any atom is -0.317 e. The Labute approximate surface area is 133 Å². The molecule has 4 heteroatoms. The zero-order valence-electron chi connectivity index (χ0n) is 12.4. The maximum Gasteiger partial charge on any atom is 0.214 e. The number of unbranched alkanes of at least 4 members (excludes halogenated alkanes) is 1. The number of nitrogens with zero attached hydrogens (tertiary/aromatic N) is 2.